The van der Waals surface area contributed by atoms with Gasteiger partial charge in [-0.15, -0.1) is 0 Å². The molecule has 0 fully saturated rings. The van der Waals surface area contributed by atoms with Crippen LogP contribution in [0.2, 0.25) is 5.02 Å². The topological polar surface area (TPSA) is 52.5 Å². The molecule has 19 heavy (non-hydrogen) atoms. The highest BCUT2D eigenvalue weighted by Gasteiger charge is 2.24. The Morgan fingerprint density at radius 1 is 1.21 bits per heavy atom. The number of halogens is 1. The molecule has 0 aliphatic carbocycles. The molecule has 2 atom stereocenters. The van der Waals surface area contributed by atoms with Crippen molar-refractivity contribution in [2.45, 2.75) is 39.3 Å². The second kappa shape index (κ2) is 7.25. The van der Waals surface area contributed by atoms with E-state index >= 15 is 0 Å². The van der Waals surface area contributed by atoms with E-state index in [2.05, 4.69) is 26.1 Å². The quantitative estimate of drug-likeness (QED) is 0.753. The van der Waals surface area contributed by atoms with Crippen LogP contribution in [0.3, 0.4) is 0 Å². The lowest BCUT2D eigenvalue weighted by Gasteiger charge is -2.32. The largest absolute Gasteiger partial charge is 0.396 e. The highest BCUT2D eigenvalue weighted by molar-refractivity contribution is 6.30. The van der Waals surface area contributed by atoms with E-state index in [0.717, 1.165) is 5.56 Å². The molecule has 0 bridgehead atoms. The molecule has 0 saturated heterocycles. The first-order chi connectivity index (χ1) is 8.84. The minimum Gasteiger partial charge on any atom is -0.396 e. The fourth-order valence-electron chi connectivity index (χ4n) is 2.03. The van der Waals surface area contributed by atoms with E-state index in [0.29, 0.717) is 18.0 Å². The lowest BCUT2D eigenvalue weighted by Crippen LogP contribution is -2.42. The van der Waals surface area contributed by atoms with Gasteiger partial charge in [-0.05, 0) is 29.5 Å². The molecule has 3 N–H and O–H groups in total. The van der Waals surface area contributed by atoms with Crippen molar-refractivity contribution >= 4 is 11.6 Å². The summed E-state index contributed by atoms with van der Waals surface area (Å²) in [6.45, 7) is 6.97. The molecular weight excluding hydrogens is 262 g/mol. The van der Waals surface area contributed by atoms with Crippen molar-refractivity contribution in [3.63, 3.8) is 0 Å². The average Bonchev–Trinajstić information content (AvgIpc) is 2.33. The van der Waals surface area contributed by atoms with Gasteiger partial charge < -0.3 is 15.5 Å². The number of nitrogens with one attached hydrogen (secondary N) is 1. The third-order valence-corrected chi connectivity index (χ3v) is 3.53. The first-order valence-corrected chi connectivity index (χ1v) is 7.00. The van der Waals surface area contributed by atoms with Crippen molar-refractivity contribution in [3.8, 4) is 0 Å². The molecule has 0 aliphatic heterocycles. The first kappa shape index (κ1) is 16.4. The van der Waals surface area contributed by atoms with Crippen molar-refractivity contribution in [1.82, 2.24) is 5.32 Å². The fourth-order valence-corrected chi connectivity index (χ4v) is 2.15. The van der Waals surface area contributed by atoms with E-state index in [9.17, 15) is 5.11 Å². The summed E-state index contributed by atoms with van der Waals surface area (Å²) in [5, 5.41) is 23.2. The molecule has 0 spiro atoms. The molecule has 0 radical (unpaired) electrons. The van der Waals surface area contributed by atoms with Gasteiger partial charge in [0.25, 0.3) is 0 Å². The van der Waals surface area contributed by atoms with Crippen LogP contribution >= 0.6 is 11.6 Å². The SMILES string of the molecule is CC(C)(C)C(CCO)NCC(O)c1ccc(Cl)cc1. The Hall–Kier alpha value is -0.610. The minimum atomic E-state index is -0.569. The van der Waals surface area contributed by atoms with Crippen LogP contribution in [0.4, 0.5) is 0 Å². The van der Waals surface area contributed by atoms with Crippen molar-refractivity contribution in [2.24, 2.45) is 5.41 Å². The number of aliphatic hydroxyl groups excluding tert-OH is 2. The van der Waals surface area contributed by atoms with Crippen LogP contribution < -0.4 is 5.32 Å². The molecular formula is C15H24ClNO2. The minimum absolute atomic E-state index is 0.0441. The van der Waals surface area contributed by atoms with Crippen LogP contribution in [0.1, 0.15) is 38.9 Å². The van der Waals surface area contributed by atoms with Crippen molar-refractivity contribution in [2.75, 3.05) is 13.2 Å². The van der Waals surface area contributed by atoms with E-state index in [1.54, 1.807) is 12.1 Å². The third kappa shape index (κ3) is 5.49. The summed E-state index contributed by atoms with van der Waals surface area (Å²) >= 11 is 5.82. The predicted molar refractivity (Wildman–Crippen MR) is 79.4 cm³/mol. The zero-order valence-corrected chi connectivity index (χ0v) is 12.6. The Morgan fingerprint density at radius 3 is 2.26 bits per heavy atom. The molecule has 108 valence electrons. The number of rotatable bonds is 6. The van der Waals surface area contributed by atoms with Crippen LogP contribution in [-0.4, -0.2) is 29.4 Å². The van der Waals surface area contributed by atoms with Gasteiger partial charge in [-0.3, -0.25) is 0 Å². The third-order valence-electron chi connectivity index (χ3n) is 3.28. The van der Waals surface area contributed by atoms with E-state index in [1.165, 1.54) is 0 Å². The van der Waals surface area contributed by atoms with Crippen molar-refractivity contribution in [3.05, 3.63) is 34.9 Å². The molecule has 0 saturated carbocycles. The molecule has 0 aromatic heterocycles. The van der Waals surface area contributed by atoms with Gasteiger partial charge in [0.15, 0.2) is 0 Å². The lowest BCUT2D eigenvalue weighted by molar-refractivity contribution is 0.142. The average molecular weight is 286 g/mol. The summed E-state index contributed by atoms with van der Waals surface area (Å²) in [4.78, 5) is 0. The molecule has 1 aromatic rings. The monoisotopic (exact) mass is 285 g/mol. The molecule has 2 unspecified atom stereocenters. The van der Waals surface area contributed by atoms with Gasteiger partial charge in [0.2, 0.25) is 0 Å². The number of aliphatic hydroxyl groups is 2. The molecule has 4 heteroatoms. The van der Waals surface area contributed by atoms with Crippen LogP contribution in [0.5, 0.6) is 0 Å². The van der Waals surface area contributed by atoms with E-state index in [1.807, 2.05) is 12.1 Å². The summed E-state index contributed by atoms with van der Waals surface area (Å²) in [6.07, 6.45) is 0.109. The van der Waals surface area contributed by atoms with Gasteiger partial charge in [0.1, 0.15) is 0 Å². The summed E-state index contributed by atoms with van der Waals surface area (Å²) < 4.78 is 0. The number of hydrogen-bond acceptors (Lipinski definition) is 3. The number of benzene rings is 1. The van der Waals surface area contributed by atoms with Crippen molar-refractivity contribution in [1.29, 1.82) is 0 Å². The van der Waals surface area contributed by atoms with Crippen LogP contribution in [0, 0.1) is 5.41 Å². The molecule has 1 aromatic carbocycles. The molecule has 0 heterocycles. The first-order valence-electron chi connectivity index (χ1n) is 6.62. The second-order valence-electron chi connectivity index (χ2n) is 5.91. The normalized spacial score (nSPS) is 15.3. The summed E-state index contributed by atoms with van der Waals surface area (Å²) in [5.41, 5.74) is 0.885. The van der Waals surface area contributed by atoms with Crippen LogP contribution in [0.15, 0.2) is 24.3 Å². The smallest absolute Gasteiger partial charge is 0.0914 e. The maximum absolute atomic E-state index is 10.1. The van der Waals surface area contributed by atoms with E-state index in [-0.39, 0.29) is 18.1 Å². The Bertz CT molecular complexity index is 373. The molecule has 0 amide bonds. The van der Waals surface area contributed by atoms with Gasteiger partial charge in [0, 0.05) is 24.2 Å². The Balaban J connectivity index is 2.56. The molecule has 3 nitrogen and oxygen atoms in total. The van der Waals surface area contributed by atoms with Crippen molar-refractivity contribution < 1.29 is 10.2 Å². The Labute approximate surface area is 120 Å². The second-order valence-corrected chi connectivity index (χ2v) is 6.34. The Morgan fingerprint density at radius 2 is 1.79 bits per heavy atom. The summed E-state index contributed by atoms with van der Waals surface area (Å²) in [7, 11) is 0. The summed E-state index contributed by atoms with van der Waals surface area (Å²) in [6, 6.07) is 7.36. The zero-order chi connectivity index (χ0) is 14.5. The van der Waals surface area contributed by atoms with Gasteiger partial charge in [-0.2, -0.15) is 0 Å². The summed E-state index contributed by atoms with van der Waals surface area (Å²) in [5.74, 6) is 0. The highest BCUT2D eigenvalue weighted by Crippen LogP contribution is 2.23. The fraction of sp³-hybridized carbons (Fsp3) is 0.600. The predicted octanol–water partition coefficient (Wildman–Crippen LogP) is 2.76. The Kier molecular flexibility index (Phi) is 6.27. The number of hydrogen-bond donors (Lipinski definition) is 3. The molecule has 0 aliphatic rings. The lowest BCUT2D eigenvalue weighted by atomic mass is 9.85. The van der Waals surface area contributed by atoms with Gasteiger partial charge in [0.05, 0.1) is 6.10 Å². The zero-order valence-electron chi connectivity index (χ0n) is 11.9. The van der Waals surface area contributed by atoms with Gasteiger partial charge in [-0.25, -0.2) is 0 Å². The van der Waals surface area contributed by atoms with Crippen LogP contribution in [0.25, 0.3) is 0 Å². The van der Waals surface area contributed by atoms with Gasteiger partial charge >= 0.3 is 0 Å². The van der Waals surface area contributed by atoms with Crippen LogP contribution in [-0.2, 0) is 0 Å². The van der Waals surface area contributed by atoms with E-state index in [4.69, 9.17) is 16.7 Å². The standard InChI is InChI=1S/C15H24ClNO2/c1-15(2,3)14(8-9-18)17-10-13(19)11-4-6-12(16)7-5-11/h4-7,13-14,17-19H,8-10H2,1-3H3. The maximum Gasteiger partial charge on any atom is 0.0914 e. The van der Waals surface area contributed by atoms with Gasteiger partial charge in [-0.1, -0.05) is 44.5 Å². The molecule has 1 rings (SSSR count). The van der Waals surface area contributed by atoms with E-state index < -0.39 is 6.10 Å². The highest BCUT2D eigenvalue weighted by atomic mass is 35.5. The maximum atomic E-state index is 10.1.